The van der Waals surface area contributed by atoms with Gasteiger partial charge in [0, 0.05) is 11.1 Å². The molecular formula is C22H20N6. The van der Waals surface area contributed by atoms with Gasteiger partial charge in [0.25, 0.3) is 0 Å². The summed E-state index contributed by atoms with van der Waals surface area (Å²) < 4.78 is 0. The van der Waals surface area contributed by atoms with E-state index in [0.29, 0.717) is 11.6 Å². The molecule has 0 aliphatic rings. The molecule has 4 rings (SSSR count). The highest BCUT2D eigenvalue weighted by Gasteiger charge is 2.07. The Bertz CT molecular complexity index is 1000. The smallest absolute Gasteiger partial charge is 0.163 e. The third-order valence-corrected chi connectivity index (χ3v) is 4.34. The minimum atomic E-state index is 0.701. The normalized spacial score (nSPS) is 10.9. The second kappa shape index (κ2) is 7.23. The molecule has 2 aromatic heterocycles. The summed E-state index contributed by atoms with van der Waals surface area (Å²) in [5.74, 6) is 4.31. The first-order valence-corrected chi connectivity index (χ1v) is 9.08. The maximum absolute atomic E-state index is 4.42. The lowest BCUT2D eigenvalue weighted by atomic mass is 10.0. The van der Waals surface area contributed by atoms with Gasteiger partial charge in [-0.05, 0) is 38.8 Å². The molecule has 0 bridgehead atoms. The van der Waals surface area contributed by atoms with Crippen LogP contribution in [-0.2, 0) is 0 Å². The molecule has 0 spiro atoms. The van der Waals surface area contributed by atoms with Crippen molar-refractivity contribution in [3.63, 3.8) is 0 Å². The predicted molar refractivity (Wildman–Crippen MR) is 108 cm³/mol. The average Bonchev–Trinajstić information content (AvgIpc) is 2.67. The Morgan fingerprint density at radius 2 is 0.607 bits per heavy atom. The average molecular weight is 368 g/mol. The maximum Gasteiger partial charge on any atom is 0.163 e. The molecule has 6 heteroatoms. The highest BCUT2D eigenvalue weighted by Crippen LogP contribution is 2.25. The molecule has 0 saturated heterocycles. The third-order valence-electron chi connectivity index (χ3n) is 4.34. The van der Waals surface area contributed by atoms with Crippen LogP contribution in [0.5, 0.6) is 0 Å². The molecule has 4 aromatic rings. The molecule has 0 aliphatic carbocycles. The zero-order valence-corrected chi connectivity index (χ0v) is 16.3. The second-order valence-corrected chi connectivity index (χ2v) is 6.66. The lowest BCUT2D eigenvalue weighted by molar-refractivity contribution is 0.928. The van der Waals surface area contributed by atoms with E-state index in [2.05, 4.69) is 54.2 Å². The van der Waals surface area contributed by atoms with Crippen LogP contribution in [0.25, 0.3) is 33.9 Å². The Balaban J connectivity index is 1.61. The maximum atomic E-state index is 4.42. The quantitative estimate of drug-likeness (QED) is 0.537. The summed E-state index contributed by atoms with van der Waals surface area (Å²) >= 11 is 0. The summed E-state index contributed by atoms with van der Waals surface area (Å²) in [7, 11) is 0. The fraction of sp³-hybridized carbons (Fsp3) is 0.182. The van der Waals surface area contributed by atoms with Gasteiger partial charge in [0.05, 0.1) is 0 Å². The molecule has 0 radical (unpaired) electrons. The lowest BCUT2D eigenvalue weighted by Crippen LogP contribution is -1.99. The molecule has 2 aromatic carbocycles. The number of rotatable bonds is 3. The van der Waals surface area contributed by atoms with Gasteiger partial charge in [-0.2, -0.15) is 0 Å². The van der Waals surface area contributed by atoms with Crippen LogP contribution in [0.1, 0.15) is 23.3 Å². The summed E-state index contributed by atoms with van der Waals surface area (Å²) in [5.41, 5.74) is 4.21. The van der Waals surface area contributed by atoms with E-state index in [9.17, 15) is 0 Å². The standard InChI is InChI=1S/C22H20N6/c1-13-23-14(2)26-21(25-13)19-9-5-17(6-10-19)18-7-11-20(12-8-18)22-27-15(3)24-16(4)28-22/h5-12H,1-4H3. The molecule has 0 atom stereocenters. The molecule has 0 saturated carbocycles. The van der Waals surface area contributed by atoms with Crippen molar-refractivity contribution in [2.45, 2.75) is 27.7 Å². The Morgan fingerprint density at radius 1 is 0.357 bits per heavy atom. The van der Waals surface area contributed by atoms with Gasteiger partial charge in [-0.25, -0.2) is 29.9 Å². The van der Waals surface area contributed by atoms with Crippen LogP contribution in [-0.4, -0.2) is 29.9 Å². The molecule has 0 unspecified atom stereocenters. The summed E-state index contributed by atoms with van der Waals surface area (Å²) in [6.07, 6.45) is 0. The minimum absolute atomic E-state index is 0.701. The summed E-state index contributed by atoms with van der Waals surface area (Å²) in [6, 6.07) is 16.5. The number of aryl methyl sites for hydroxylation is 4. The first-order valence-electron chi connectivity index (χ1n) is 9.08. The molecule has 2 heterocycles. The van der Waals surface area contributed by atoms with Crippen molar-refractivity contribution in [1.82, 2.24) is 29.9 Å². The minimum Gasteiger partial charge on any atom is -0.219 e. The molecular weight excluding hydrogens is 348 g/mol. The SMILES string of the molecule is Cc1nc(C)nc(-c2ccc(-c3ccc(-c4nc(C)nc(C)n4)cc3)cc2)n1. The summed E-state index contributed by atoms with van der Waals surface area (Å²) in [6.45, 7) is 7.51. The van der Waals surface area contributed by atoms with Gasteiger partial charge < -0.3 is 0 Å². The van der Waals surface area contributed by atoms with Crippen molar-refractivity contribution in [1.29, 1.82) is 0 Å². The van der Waals surface area contributed by atoms with Gasteiger partial charge >= 0.3 is 0 Å². The van der Waals surface area contributed by atoms with E-state index in [0.717, 1.165) is 45.6 Å². The fourth-order valence-corrected chi connectivity index (χ4v) is 3.11. The molecule has 138 valence electrons. The van der Waals surface area contributed by atoms with Crippen LogP contribution < -0.4 is 0 Å². The molecule has 0 aliphatic heterocycles. The fourth-order valence-electron chi connectivity index (χ4n) is 3.11. The topological polar surface area (TPSA) is 77.3 Å². The number of benzene rings is 2. The van der Waals surface area contributed by atoms with Crippen molar-refractivity contribution in [3.05, 3.63) is 71.8 Å². The summed E-state index contributed by atoms with van der Waals surface area (Å²) in [5, 5.41) is 0. The van der Waals surface area contributed by atoms with Gasteiger partial charge in [0.2, 0.25) is 0 Å². The van der Waals surface area contributed by atoms with E-state index in [1.807, 2.05) is 52.0 Å². The number of nitrogens with zero attached hydrogens (tertiary/aromatic N) is 6. The van der Waals surface area contributed by atoms with E-state index in [-0.39, 0.29) is 0 Å². The number of aromatic nitrogens is 6. The van der Waals surface area contributed by atoms with E-state index in [4.69, 9.17) is 0 Å². The van der Waals surface area contributed by atoms with Crippen LogP contribution in [0.3, 0.4) is 0 Å². The highest BCUT2D eigenvalue weighted by molar-refractivity contribution is 5.70. The second-order valence-electron chi connectivity index (χ2n) is 6.66. The van der Waals surface area contributed by atoms with E-state index < -0.39 is 0 Å². The zero-order valence-electron chi connectivity index (χ0n) is 16.3. The van der Waals surface area contributed by atoms with Crippen molar-refractivity contribution in [2.75, 3.05) is 0 Å². The van der Waals surface area contributed by atoms with E-state index in [1.54, 1.807) is 0 Å². The third kappa shape index (κ3) is 3.76. The van der Waals surface area contributed by atoms with Crippen LogP contribution in [0, 0.1) is 27.7 Å². The van der Waals surface area contributed by atoms with E-state index in [1.165, 1.54) is 0 Å². The Kier molecular flexibility index (Phi) is 4.61. The van der Waals surface area contributed by atoms with Gasteiger partial charge in [0.15, 0.2) is 11.6 Å². The van der Waals surface area contributed by atoms with Gasteiger partial charge in [-0.1, -0.05) is 48.5 Å². The first kappa shape index (κ1) is 17.9. The van der Waals surface area contributed by atoms with Crippen LogP contribution >= 0.6 is 0 Å². The zero-order chi connectivity index (χ0) is 19.7. The number of hydrogen-bond donors (Lipinski definition) is 0. The van der Waals surface area contributed by atoms with Crippen molar-refractivity contribution >= 4 is 0 Å². The van der Waals surface area contributed by atoms with E-state index >= 15 is 0 Å². The van der Waals surface area contributed by atoms with Crippen molar-refractivity contribution in [2.24, 2.45) is 0 Å². The number of hydrogen-bond acceptors (Lipinski definition) is 6. The lowest BCUT2D eigenvalue weighted by Gasteiger charge is -2.07. The van der Waals surface area contributed by atoms with Gasteiger partial charge in [0.1, 0.15) is 23.3 Å². The molecule has 0 fully saturated rings. The van der Waals surface area contributed by atoms with Gasteiger partial charge in [-0.15, -0.1) is 0 Å². The van der Waals surface area contributed by atoms with Gasteiger partial charge in [-0.3, -0.25) is 0 Å². The summed E-state index contributed by atoms with van der Waals surface area (Å²) in [4.78, 5) is 26.2. The molecule has 0 amide bonds. The Hall–Kier alpha value is -3.54. The molecule has 28 heavy (non-hydrogen) atoms. The first-order chi connectivity index (χ1) is 13.5. The van der Waals surface area contributed by atoms with Crippen molar-refractivity contribution < 1.29 is 0 Å². The largest absolute Gasteiger partial charge is 0.219 e. The predicted octanol–water partition coefficient (Wildman–Crippen LogP) is 4.29. The highest BCUT2D eigenvalue weighted by atomic mass is 15.0. The van der Waals surface area contributed by atoms with Crippen molar-refractivity contribution in [3.8, 4) is 33.9 Å². The monoisotopic (exact) mass is 368 g/mol. The van der Waals surface area contributed by atoms with Crippen LogP contribution in [0.15, 0.2) is 48.5 Å². The molecule has 0 N–H and O–H groups in total. The Labute approximate surface area is 163 Å². The van der Waals surface area contributed by atoms with Crippen LogP contribution in [0.4, 0.5) is 0 Å². The van der Waals surface area contributed by atoms with Crippen LogP contribution in [0.2, 0.25) is 0 Å². The Morgan fingerprint density at radius 3 is 0.893 bits per heavy atom. The molecule has 6 nitrogen and oxygen atoms in total.